The van der Waals surface area contributed by atoms with E-state index in [2.05, 4.69) is 5.32 Å². The predicted octanol–water partition coefficient (Wildman–Crippen LogP) is 3.54. The van der Waals surface area contributed by atoms with Gasteiger partial charge in [0.2, 0.25) is 15.9 Å². The normalized spacial score (nSPS) is 19.1. The van der Waals surface area contributed by atoms with Crippen LogP contribution in [0.4, 0.5) is 18.9 Å². The Morgan fingerprint density at radius 1 is 1.14 bits per heavy atom. The molecule has 3 rings (SSSR count). The van der Waals surface area contributed by atoms with Crippen molar-refractivity contribution in [3.8, 4) is 5.75 Å². The maximum atomic E-state index is 12.8. The van der Waals surface area contributed by atoms with E-state index >= 15 is 0 Å². The Labute approximate surface area is 162 Å². The fourth-order valence-corrected chi connectivity index (χ4v) is 4.76. The Morgan fingerprint density at radius 2 is 1.82 bits per heavy atom. The number of hydrogen-bond acceptors (Lipinski definition) is 4. The molecular weight excluding hydrogens is 397 g/mol. The van der Waals surface area contributed by atoms with E-state index in [1.807, 2.05) is 0 Å². The first kappa shape index (κ1) is 20.9. The largest absolute Gasteiger partial charge is 0.482 e. The average molecular weight is 420 g/mol. The standard InChI is InChI=1S/C18H23F3N2O4S/c19-18(20,21)12-27-16-8-7-14(28(25,26)23-9-2-1-3-10-23)11-15(16)22-17(24)13-5-4-6-13/h7-8,11,13H,1-6,9-10,12H2,(H,22,24). The molecule has 6 nitrogen and oxygen atoms in total. The number of piperidine rings is 1. The molecule has 0 atom stereocenters. The van der Waals surface area contributed by atoms with Gasteiger partial charge in [-0.15, -0.1) is 0 Å². The molecule has 0 aromatic heterocycles. The van der Waals surface area contributed by atoms with Gasteiger partial charge in [-0.25, -0.2) is 8.42 Å². The molecule has 1 saturated carbocycles. The first-order valence-corrected chi connectivity index (χ1v) is 10.8. The van der Waals surface area contributed by atoms with Crippen LogP contribution in [0, 0.1) is 5.92 Å². The van der Waals surface area contributed by atoms with Crippen LogP contribution in [0.3, 0.4) is 0 Å². The van der Waals surface area contributed by atoms with Gasteiger partial charge in [0, 0.05) is 19.0 Å². The van der Waals surface area contributed by atoms with E-state index in [9.17, 15) is 26.4 Å². The maximum absolute atomic E-state index is 12.8. The first-order valence-electron chi connectivity index (χ1n) is 9.31. The molecule has 1 N–H and O–H groups in total. The van der Waals surface area contributed by atoms with Crippen LogP contribution in [0.5, 0.6) is 5.75 Å². The second-order valence-corrected chi connectivity index (χ2v) is 9.08. The minimum atomic E-state index is -4.55. The molecule has 1 aliphatic heterocycles. The van der Waals surface area contributed by atoms with Gasteiger partial charge in [-0.1, -0.05) is 12.8 Å². The van der Waals surface area contributed by atoms with Crippen LogP contribution in [0.1, 0.15) is 38.5 Å². The number of carbonyl (C=O) groups excluding carboxylic acids is 1. The number of benzene rings is 1. The van der Waals surface area contributed by atoms with Gasteiger partial charge in [-0.2, -0.15) is 17.5 Å². The number of carbonyl (C=O) groups is 1. The summed E-state index contributed by atoms with van der Waals surface area (Å²) in [5, 5.41) is 2.55. The highest BCUT2D eigenvalue weighted by Crippen LogP contribution is 2.34. The van der Waals surface area contributed by atoms with Gasteiger partial charge in [0.05, 0.1) is 10.6 Å². The number of amides is 1. The van der Waals surface area contributed by atoms with Crippen molar-refractivity contribution in [2.24, 2.45) is 5.92 Å². The molecule has 0 unspecified atom stereocenters. The summed E-state index contributed by atoms with van der Waals surface area (Å²) in [6.45, 7) is -0.728. The summed E-state index contributed by atoms with van der Waals surface area (Å²) < 4.78 is 69.4. The van der Waals surface area contributed by atoms with Gasteiger partial charge >= 0.3 is 6.18 Å². The number of rotatable bonds is 6. The molecule has 156 valence electrons. The number of nitrogens with zero attached hydrogens (tertiary/aromatic N) is 1. The fraction of sp³-hybridized carbons (Fsp3) is 0.611. The minimum Gasteiger partial charge on any atom is -0.482 e. The second kappa shape index (κ2) is 8.28. The molecule has 1 heterocycles. The van der Waals surface area contributed by atoms with E-state index in [0.29, 0.717) is 25.9 Å². The van der Waals surface area contributed by atoms with Crippen LogP contribution >= 0.6 is 0 Å². The quantitative estimate of drug-likeness (QED) is 0.764. The van der Waals surface area contributed by atoms with Crippen molar-refractivity contribution in [3.63, 3.8) is 0 Å². The summed E-state index contributed by atoms with van der Waals surface area (Å²) in [4.78, 5) is 12.2. The lowest BCUT2D eigenvalue weighted by molar-refractivity contribution is -0.153. The Hall–Kier alpha value is -1.81. The average Bonchev–Trinajstić information content (AvgIpc) is 2.59. The van der Waals surface area contributed by atoms with Crippen LogP contribution in [0.2, 0.25) is 0 Å². The van der Waals surface area contributed by atoms with Crippen molar-refractivity contribution in [1.29, 1.82) is 0 Å². The highest BCUT2D eigenvalue weighted by atomic mass is 32.2. The molecule has 1 aliphatic carbocycles. The van der Waals surface area contributed by atoms with E-state index in [0.717, 1.165) is 25.7 Å². The van der Waals surface area contributed by atoms with Crippen molar-refractivity contribution < 1.29 is 31.1 Å². The van der Waals surface area contributed by atoms with E-state index in [1.165, 1.54) is 22.5 Å². The SMILES string of the molecule is O=C(Nc1cc(S(=O)(=O)N2CCCCC2)ccc1OCC(F)(F)F)C1CCC1. The van der Waals surface area contributed by atoms with Crippen LogP contribution in [-0.2, 0) is 14.8 Å². The van der Waals surface area contributed by atoms with E-state index < -0.39 is 22.8 Å². The van der Waals surface area contributed by atoms with Crippen LogP contribution in [0.25, 0.3) is 0 Å². The predicted molar refractivity (Wildman–Crippen MR) is 96.6 cm³/mol. The molecule has 2 fully saturated rings. The van der Waals surface area contributed by atoms with Crippen molar-refractivity contribution in [3.05, 3.63) is 18.2 Å². The number of alkyl halides is 3. The zero-order chi connectivity index (χ0) is 20.4. The molecule has 0 radical (unpaired) electrons. The third-order valence-corrected chi connectivity index (χ3v) is 6.92. The number of sulfonamides is 1. The Kier molecular flexibility index (Phi) is 6.18. The number of hydrogen-bond donors (Lipinski definition) is 1. The lowest BCUT2D eigenvalue weighted by Crippen LogP contribution is -2.35. The zero-order valence-corrected chi connectivity index (χ0v) is 16.1. The molecule has 1 amide bonds. The Bertz CT molecular complexity index is 817. The Morgan fingerprint density at radius 3 is 2.39 bits per heavy atom. The molecular formula is C18H23F3N2O4S. The number of ether oxygens (including phenoxy) is 1. The van der Waals surface area contributed by atoms with Gasteiger partial charge in [-0.3, -0.25) is 4.79 Å². The smallest absolute Gasteiger partial charge is 0.422 e. The monoisotopic (exact) mass is 420 g/mol. The zero-order valence-electron chi connectivity index (χ0n) is 15.3. The van der Waals surface area contributed by atoms with Crippen molar-refractivity contribution >= 4 is 21.6 Å². The van der Waals surface area contributed by atoms with E-state index in [1.54, 1.807) is 0 Å². The van der Waals surface area contributed by atoms with Crippen LogP contribution < -0.4 is 10.1 Å². The molecule has 1 aromatic carbocycles. The highest BCUT2D eigenvalue weighted by Gasteiger charge is 2.31. The molecule has 10 heteroatoms. The molecule has 0 bridgehead atoms. The van der Waals surface area contributed by atoms with Crippen molar-refractivity contribution in [1.82, 2.24) is 4.31 Å². The lowest BCUT2D eigenvalue weighted by Gasteiger charge is -2.27. The number of halogens is 3. The fourth-order valence-electron chi connectivity index (χ4n) is 3.21. The van der Waals surface area contributed by atoms with Gasteiger partial charge in [-0.05, 0) is 43.9 Å². The number of anilines is 1. The van der Waals surface area contributed by atoms with Gasteiger partial charge in [0.1, 0.15) is 5.75 Å². The van der Waals surface area contributed by atoms with E-state index in [-0.39, 0.29) is 28.2 Å². The summed E-state index contributed by atoms with van der Waals surface area (Å²) in [5.74, 6) is -0.754. The van der Waals surface area contributed by atoms with Crippen LogP contribution in [0.15, 0.2) is 23.1 Å². The summed E-state index contributed by atoms with van der Waals surface area (Å²) >= 11 is 0. The second-order valence-electron chi connectivity index (χ2n) is 7.14. The summed E-state index contributed by atoms with van der Waals surface area (Å²) in [7, 11) is -3.79. The molecule has 28 heavy (non-hydrogen) atoms. The van der Waals surface area contributed by atoms with Gasteiger partial charge in [0.15, 0.2) is 6.61 Å². The molecule has 1 aromatic rings. The molecule has 2 aliphatic rings. The first-order chi connectivity index (χ1) is 13.2. The number of nitrogens with one attached hydrogen (secondary N) is 1. The molecule has 1 saturated heterocycles. The topological polar surface area (TPSA) is 75.7 Å². The molecule has 0 spiro atoms. The Balaban J connectivity index is 1.87. The summed E-state index contributed by atoms with van der Waals surface area (Å²) in [5.41, 5.74) is -0.0563. The maximum Gasteiger partial charge on any atom is 0.422 e. The van der Waals surface area contributed by atoms with Crippen LogP contribution in [-0.4, -0.2) is 44.5 Å². The summed E-state index contributed by atoms with van der Waals surface area (Å²) in [6, 6.07) is 3.57. The van der Waals surface area contributed by atoms with Gasteiger partial charge in [0.25, 0.3) is 0 Å². The third-order valence-electron chi connectivity index (χ3n) is 5.03. The third kappa shape index (κ3) is 4.96. The van der Waals surface area contributed by atoms with Gasteiger partial charge < -0.3 is 10.1 Å². The van der Waals surface area contributed by atoms with Crippen molar-refractivity contribution in [2.45, 2.75) is 49.6 Å². The summed E-state index contributed by atoms with van der Waals surface area (Å²) in [6.07, 6.45) is 0.257. The lowest BCUT2D eigenvalue weighted by atomic mass is 9.85. The van der Waals surface area contributed by atoms with Crippen molar-refractivity contribution in [2.75, 3.05) is 25.0 Å². The minimum absolute atomic E-state index is 0.0563. The highest BCUT2D eigenvalue weighted by molar-refractivity contribution is 7.89. The van der Waals surface area contributed by atoms with E-state index in [4.69, 9.17) is 4.74 Å².